The summed E-state index contributed by atoms with van der Waals surface area (Å²) in [5.41, 5.74) is 7.61. The molecule has 0 heterocycles. The minimum absolute atomic E-state index is 0.178. The predicted octanol–water partition coefficient (Wildman–Crippen LogP) is 1.99. The Morgan fingerprint density at radius 2 is 2.00 bits per heavy atom. The van der Waals surface area contributed by atoms with E-state index in [4.69, 9.17) is 10.5 Å². The fourth-order valence-electron chi connectivity index (χ4n) is 1.72. The molecule has 3 N–H and O–H groups in total. The van der Waals surface area contributed by atoms with Crippen molar-refractivity contribution in [1.82, 2.24) is 0 Å². The van der Waals surface area contributed by atoms with Gasteiger partial charge in [0.1, 0.15) is 0 Å². The molecule has 0 amide bonds. The number of phenols is 1. The van der Waals surface area contributed by atoms with Crippen LogP contribution in [0.15, 0.2) is 12.1 Å². The maximum absolute atomic E-state index is 9.70. The molecule has 0 aliphatic rings. The highest BCUT2D eigenvalue weighted by Crippen LogP contribution is 2.31. The number of ether oxygens (including phenoxy) is 1. The first-order chi connectivity index (χ1) is 6.83. The highest BCUT2D eigenvalue weighted by Gasteiger charge is 2.14. The van der Waals surface area contributed by atoms with Gasteiger partial charge >= 0.3 is 0 Å². The van der Waals surface area contributed by atoms with Crippen LogP contribution in [0.3, 0.4) is 0 Å². The van der Waals surface area contributed by atoms with Gasteiger partial charge in [-0.25, -0.2) is 0 Å². The Kier molecular flexibility index (Phi) is 3.25. The Morgan fingerprint density at radius 3 is 2.40 bits per heavy atom. The summed E-state index contributed by atoms with van der Waals surface area (Å²) in [4.78, 5) is 0. The minimum atomic E-state index is -0.270. The fraction of sp³-hybridized carbons (Fsp3) is 0.500. The first kappa shape index (κ1) is 11.9. The van der Waals surface area contributed by atoms with Gasteiger partial charge in [0.15, 0.2) is 11.5 Å². The number of nitrogens with two attached hydrogens (primary N) is 1. The van der Waals surface area contributed by atoms with Gasteiger partial charge in [-0.3, -0.25) is 0 Å². The van der Waals surface area contributed by atoms with E-state index >= 15 is 0 Å². The van der Waals surface area contributed by atoms with E-state index in [0.29, 0.717) is 5.75 Å². The van der Waals surface area contributed by atoms with Gasteiger partial charge in [-0.05, 0) is 44.4 Å². The van der Waals surface area contributed by atoms with E-state index in [1.54, 1.807) is 13.2 Å². The van der Waals surface area contributed by atoms with E-state index in [0.717, 1.165) is 17.5 Å². The van der Waals surface area contributed by atoms with Crippen molar-refractivity contribution in [1.29, 1.82) is 0 Å². The molecule has 0 saturated carbocycles. The molecule has 3 nitrogen and oxygen atoms in total. The third-order valence-corrected chi connectivity index (χ3v) is 2.18. The summed E-state index contributed by atoms with van der Waals surface area (Å²) in [5, 5.41) is 9.70. The lowest BCUT2D eigenvalue weighted by Crippen LogP contribution is -2.34. The molecule has 0 atom stereocenters. The van der Waals surface area contributed by atoms with Gasteiger partial charge in [-0.1, -0.05) is 6.07 Å². The molecule has 1 aromatic carbocycles. The van der Waals surface area contributed by atoms with Crippen LogP contribution in [0, 0.1) is 6.92 Å². The van der Waals surface area contributed by atoms with Gasteiger partial charge < -0.3 is 15.6 Å². The quantitative estimate of drug-likeness (QED) is 0.800. The molecule has 1 rings (SSSR count). The number of aryl methyl sites for hydroxylation is 1. The number of hydrogen-bond donors (Lipinski definition) is 2. The maximum atomic E-state index is 9.70. The highest BCUT2D eigenvalue weighted by molar-refractivity contribution is 5.48. The summed E-state index contributed by atoms with van der Waals surface area (Å²) in [6, 6.07) is 3.70. The van der Waals surface area contributed by atoms with Crippen LogP contribution in [0.5, 0.6) is 11.5 Å². The van der Waals surface area contributed by atoms with E-state index in [9.17, 15) is 5.11 Å². The third kappa shape index (κ3) is 3.13. The summed E-state index contributed by atoms with van der Waals surface area (Å²) in [7, 11) is 1.55. The van der Waals surface area contributed by atoms with Crippen molar-refractivity contribution in [2.24, 2.45) is 5.73 Å². The van der Waals surface area contributed by atoms with Crippen LogP contribution in [-0.4, -0.2) is 17.8 Å². The highest BCUT2D eigenvalue weighted by atomic mass is 16.5. The summed E-state index contributed by atoms with van der Waals surface area (Å²) in [5.74, 6) is 0.713. The Hall–Kier alpha value is -1.22. The molecular formula is C12H19NO2. The number of rotatable bonds is 3. The number of hydrogen-bond acceptors (Lipinski definition) is 3. The molecule has 0 aliphatic carbocycles. The predicted molar refractivity (Wildman–Crippen MR) is 61.4 cm³/mol. The number of benzene rings is 1. The van der Waals surface area contributed by atoms with Crippen LogP contribution < -0.4 is 10.5 Å². The van der Waals surface area contributed by atoms with Crippen molar-refractivity contribution in [3.05, 3.63) is 23.3 Å². The molecule has 0 saturated heterocycles. The number of phenolic OH excluding ortho intramolecular Hbond substituents is 1. The minimum Gasteiger partial charge on any atom is -0.504 e. The Bertz CT molecular complexity index is 330. The lowest BCUT2D eigenvalue weighted by molar-refractivity contribution is 0.370. The third-order valence-electron chi connectivity index (χ3n) is 2.18. The lowest BCUT2D eigenvalue weighted by atomic mass is 9.95. The molecule has 0 bridgehead atoms. The van der Waals surface area contributed by atoms with Crippen molar-refractivity contribution < 1.29 is 9.84 Å². The maximum Gasteiger partial charge on any atom is 0.163 e. The standard InChI is InChI=1S/C12H19NO2/c1-8-5-9(7-12(2,3)13)6-10(14)11(8)15-4/h5-6,14H,7,13H2,1-4H3. The molecule has 84 valence electrons. The van der Waals surface area contributed by atoms with Gasteiger partial charge in [-0.2, -0.15) is 0 Å². The summed E-state index contributed by atoms with van der Waals surface area (Å²) in [6.45, 7) is 5.83. The first-order valence-corrected chi connectivity index (χ1v) is 4.99. The number of aromatic hydroxyl groups is 1. The first-order valence-electron chi connectivity index (χ1n) is 4.99. The molecule has 0 spiro atoms. The second kappa shape index (κ2) is 4.11. The fourth-order valence-corrected chi connectivity index (χ4v) is 1.72. The van der Waals surface area contributed by atoms with Crippen LogP contribution in [0.1, 0.15) is 25.0 Å². The number of methoxy groups -OCH3 is 1. The van der Waals surface area contributed by atoms with Crippen LogP contribution in [0.2, 0.25) is 0 Å². The van der Waals surface area contributed by atoms with Crippen LogP contribution in [-0.2, 0) is 6.42 Å². The zero-order valence-corrected chi connectivity index (χ0v) is 9.79. The molecule has 0 fully saturated rings. The molecule has 0 radical (unpaired) electrons. The van der Waals surface area contributed by atoms with E-state index in [1.165, 1.54) is 0 Å². The van der Waals surface area contributed by atoms with E-state index in [1.807, 2.05) is 26.8 Å². The van der Waals surface area contributed by atoms with Crippen molar-refractivity contribution in [2.75, 3.05) is 7.11 Å². The van der Waals surface area contributed by atoms with Gasteiger partial charge in [0.25, 0.3) is 0 Å². The summed E-state index contributed by atoms with van der Waals surface area (Å²) >= 11 is 0. The molecule has 3 heteroatoms. The van der Waals surface area contributed by atoms with Crippen molar-refractivity contribution in [3.8, 4) is 11.5 Å². The average molecular weight is 209 g/mol. The second-order valence-electron chi connectivity index (χ2n) is 4.63. The van der Waals surface area contributed by atoms with Crippen molar-refractivity contribution >= 4 is 0 Å². The Labute approximate surface area is 90.9 Å². The molecule has 1 aromatic rings. The SMILES string of the molecule is COc1c(C)cc(CC(C)(C)N)cc1O. The van der Waals surface area contributed by atoms with Gasteiger partial charge in [-0.15, -0.1) is 0 Å². The monoisotopic (exact) mass is 209 g/mol. The molecule has 0 unspecified atom stereocenters. The topological polar surface area (TPSA) is 55.5 Å². The van der Waals surface area contributed by atoms with Crippen molar-refractivity contribution in [3.63, 3.8) is 0 Å². The zero-order valence-electron chi connectivity index (χ0n) is 9.79. The van der Waals surface area contributed by atoms with Gasteiger partial charge in [0.2, 0.25) is 0 Å². The second-order valence-corrected chi connectivity index (χ2v) is 4.63. The summed E-state index contributed by atoms with van der Waals surface area (Å²) in [6.07, 6.45) is 0.728. The van der Waals surface area contributed by atoms with Crippen molar-refractivity contribution in [2.45, 2.75) is 32.7 Å². The molecule has 15 heavy (non-hydrogen) atoms. The smallest absolute Gasteiger partial charge is 0.163 e. The largest absolute Gasteiger partial charge is 0.504 e. The van der Waals surface area contributed by atoms with Crippen LogP contribution >= 0.6 is 0 Å². The Balaban J connectivity index is 3.04. The van der Waals surface area contributed by atoms with E-state index < -0.39 is 0 Å². The normalized spacial score (nSPS) is 11.5. The Morgan fingerprint density at radius 1 is 1.40 bits per heavy atom. The lowest BCUT2D eigenvalue weighted by Gasteiger charge is -2.19. The molecule has 0 aromatic heterocycles. The average Bonchev–Trinajstić information content (AvgIpc) is 1.99. The molecule has 0 aliphatic heterocycles. The molecular weight excluding hydrogens is 190 g/mol. The van der Waals surface area contributed by atoms with Gasteiger partial charge in [0, 0.05) is 5.54 Å². The van der Waals surface area contributed by atoms with Crippen LogP contribution in [0.25, 0.3) is 0 Å². The van der Waals surface area contributed by atoms with Gasteiger partial charge in [0.05, 0.1) is 7.11 Å². The van der Waals surface area contributed by atoms with E-state index in [2.05, 4.69) is 0 Å². The van der Waals surface area contributed by atoms with Crippen LogP contribution in [0.4, 0.5) is 0 Å². The zero-order chi connectivity index (χ0) is 11.6. The summed E-state index contributed by atoms with van der Waals surface area (Å²) < 4.78 is 5.08. The van der Waals surface area contributed by atoms with E-state index in [-0.39, 0.29) is 11.3 Å².